The summed E-state index contributed by atoms with van der Waals surface area (Å²) in [5.41, 5.74) is 2.04. The lowest BCUT2D eigenvalue weighted by Gasteiger charge is -2.29. The average Bonchev–Trinajstić information content (AvgIpc) is 2.98. The number of fused-ring (bicyclic) bond motifs is 1. The minimum absolute atomic E-state index is 0.0730. The highest BCUT2D eigenvalue weighted by atomic mass is 19.4. The van der Waals surface area contributed by atoms with Crippen LogP contribution in [0.5, 0.6) is 0 Å². The number of nitrogens with one attached hydrogen (secondary N) is 1. The van der Waals surface area contributed by atoms with Crippen molar-refractivity contribution in [1.82, 2.24) is 14.8 Å². The van der Waals surface area contributed by atoms with Gasteiger partial charge in [0.1, 0.15) is 6.04 Å². The summed E-state index contributed by atoms with van der Waals surface area (Å²) < 4.78 is 45.5. The van der Waals surface area contributed by atoms with Crippen molar-refractivity contribution < 1.29 is 22.7 Å². The van der Waals surface area contributed by atoms with Crippen LogP contribution in [0.2, 0.25) is 0 Å². The summed E-state index contributed by atoms with van der Waals surface area (Å²) >= 11 is 0. The minimum atomic E-state index is -4.69. The molecule has 6 nitrogen and oxygen atoms in total. The molecular weight excluding hydrogens is 349 g/mol. The predicted octanol–water partition coefficient (Wildman–Crippen LogP) is 3.46. The smallest absolute Gasteiger partial charge is 0.453 e. The van der Waals surface area contributed by atoms with Gasteiger partial charge < -0.3 is 10.1 Å². The number of carbonyl (C=O) groups excluding carboxylic acids is 1. The Morgan fingerprint density at radius 1 is 1.31 bits per heavy atom. The van der Waals surface area contributed by atoms with E-state index in [0.29, 0.717) is 11.3 Å². The van der Waals surface area contributed by atoms with Crippen LogP contribution in [0.4, 0.5) is 19.1 Å². The fourth-order valence-corrected chi connectivity index (χ4v) is 2.93. The lowest BCUT2D eigenvalue weighted by molar-refractivity contribution is -0.145. The Bertz CT molecular complexity index is 886. The number of hydrogen-bond acceptors (Lipinski definition) is 5. The third-order valence-electron chi connectivity index (χ3n) is 4.08. The quantitative estimate of drug-likeness (QED) is 0.843. The summed E-state index contributed by atoms with van der Waals surface area (Å²) in [7, 11) is 0. The minimum Gasteiger partial charge on any atom is -0.463 e. The zero-order valence-electron chi connectivity index (χ0n) is 14.4. The molecule has 0 radical (unpaired) electrons. The molecule has 3 rings (SSSR count). The van der Waals surface area contributed by atoms with E-state index < -0.39 is 24.0 Å². The van der Waals surface area contributed by atoms with Crippen LogP contribution in [0.3, 0.4) is 0 Å². The first-order valence-corrected chi connectivity index (χ1v) is 7.98. The highest BCUT2D eigenvalue weighted by Gasteiger charge is 2.41. The largest absolute Gasteiger partial charge is 0.463 e. The van der Waals surface area contributed by atoms with Gasteiger partial charge in [-0.05, 0) is 31.9 Å². The number of carbonyl (C=O) groups is 1. The van der Waals surface area contributed by atoms with Gasteiger partial charge in [0.25, 0.3) is 5.82 Å². The molecule has 0 aliphatic carbocycles. The maximum absolute atomic E-state index is 13.1. The van der Waals surface area contributed by atoms with Gasteiger partial charge in [-0.1, -0.05) is 24.3 Å². The molecule has 0 bridgehead atoms. The first-order valence-electron chi connectivity index (χ1n) is 7.98. The van der Waals surface area contributed by atoms with Crippen LogP contribution >= 0.6 is 0 Å². The Balaban J connectivity index is 2.22. The number of esters is 1. The van der Waals surface area contributed by atoms with Crippen LogP contribution in [0, 0.1) is 6.92 Å². The number of allylic oxidation sites excluding steroid dienone is 1. The SMILES string of the molecule is CCOC(=O)C1=C(C)Nc2nc(C(F)(F)F)nn2[C@@H]1c1ccccc1C. The number of ether oxygens (including phenoxy) is 1. The zero-order chi connectivity index (χ0) is 19.1. The summed E-state index contributed by atoms with van der Waals surface area (Å²) in [6.07, 6.45) is -4.69. The Labute approximate surface area is 147 Å². The van der Waals surface area contributed by atoms with E-state index in [1.165, 1.54) is 0 Å². The van der Waals surface area contributed by atoms with Crippen molar-refractivity contribution in [3.8, 4) is 0 Å². The van der Waals surface area contributed by atoms with E-state index >= 15 is 0 Å². The first kappa shape index (κ1) is 18.0. The highest BCUT2D eigenvalue weighted by Crippen LogP contribution is 2.38. The second kappa shape index (κ2) is 6.47. The summed E-state index contributed by atoms with van der Waals surface area (Å²) in [4.78, 5) is 16.1. The van der Waals surface area contributed by atoms with E-state index in [9.17, 15) is 18.0 Å². The number of aryl methyl sites for hydroxylation is 1. The second-order valence-corrected chi connectivity index (χ2v) is 5.84. The molecule has 0 fully saturated rings. The summed E-state index contributed by atoms with van der Waals surface area (Å²) in [6, 6.07) is 6.26. The molecule has 1 aromatic heterocycles. The summed E-state index contributed by atoms with van der Waals surface area (Å²) in [5.74, 6) is -1.95. The van der Waals surface area contributed by atoms with E-state index in [1.54, 1.807) is 26.0 Å². The molecule has 0 unspecified atom stereocenters. The standard InChI is InChI=1S/C17H17F3N4O2/c1-4-26-14(25)12-10(3)21-16-22-15(17(18,19)20)23-24(16)13(12)11-8-6-5-7-9(11)2/h5-8,13H,4H2,1-3H3,(H,21,22,23)/t13-/m1/s1. The van der Waals surface area contributed by atoms with E-state index in [1.807, 2.05) is 19.1 Å². The van der Waals surface area contributed by atoms with Gasteiger partial charge in [-0.2, -0.15) is 18.2 Å². The number of benzene rings is 1. The van der Waals surface area contributed by atoms with Gasteiger partial charge in [-0.25, -0.2) is 9.48 Å². The van der Waals surface area contributed by atoms with Crippen LogP contribution in [-0.2, 0) is 15.7 Å². The Kier molecular flexibility index (Phi) is 4.47. The highest BCUT2D eigenvalue weighted by molar-refractivity contribution is 5.92. The molecule has 0 saturated heterocycles. The van der Waals surface area contributed by atoms with Crippen LogP contribution in [0.25, 0.3) is 0 Å². The molecule has 1 N–H and O–H groups in total. The molecule has 1 aromatic carbocycles. The monoisotopic (exact) mass is 366 g/mol. The number of alkyl halides is 3. The molecule has 0 saturated carbocycles. The molecule has 1 atom stereocenters. The Morgan fingerprint density at radius 3 is 2.62 bits per heavy atom. The van der Waals surface area contributed by atoms with Crippen LogP contribution < -0.4 is 5.32 Å². The molecule has 2 heterocycles. The number of aromatic nitrogens is 3. The summed E-state index contributed by atoms with van der Waals surface area (Å²) in [6.45, 7) is 5.23. The van der Waals surface area contributed by atoms with Crippen molar-refractivity contribution in [2.75, 3.05) is 11.9 Å². The number of halogens is 3. The molecule has 0 amide bonds. The lowest BCUT2D eigenvalue weighted by Crippen LogP contribution is -2.30. The van der Waals surface area contributed by atoms with Gasteiger partial charge in [0, 0.05) is 5.70 Å². The van der Waals surface area contributed by atoms with E-state index in [-0.39, 0.29) is 18.1 Å². The molecule has 1 aliphatic rings. The van der Waals surface area contributed by atoms with Gasteiger partial charge >= 0.3 is 12.1 Å². The van der Waals surface area contributed by atoms with Crippen molar-refractivity contribution in [1.29, 1.82) is 0 Å². The van der Waals surface area contributed by atoms with Gasteiger partial charge in [0.15, 0.2) is 0 Å². The van der Waals surface area contributed by atoms with Crippen molar-refractivity contribution in [2.45, 2.75) is 33.0 Å². The number of nitrogens with zero attached hydrogens (tertiary/aromatic N) is 3. The fourth-order valence-electron chi connectivity index (χ4n) is 2.93. The van der Waals surface area contributed by atoms with Crippen LogP contribution in [0.15, 0.2) is 35.5 Å². The van der Waals surface area contributed by atoms with Gasteiger partial charge in [0.2, 0.25) is 5.95 Å². The lowest BCUT2D eigenvalue weighted by atomic mass is 9.93. The Hall–Kier alpha value is -2.84. The van der Waals surface area contributed by atoms with Crippen LogP contribution in [0.1, 0.15) is 36.8 Å². The molecule has 9 heteroatoms. The Morgan fingerprint density at radius 2 is 2.00 bits per heavy atom. The zero-order valence-corrected chi connectivity index (χ0v) is 14.4. The first-order chi connectivity index (χ1) is 12.2. The van der Waals surface area contributed by atoms with E-state index in [0.717, 1.165) is 10.2 Å². The molecule has 26 heavy (non-hydrogen) atoms. The molecular formula is C17H17F3N4O2. The number of rotatable bonds is 3. The molecule has 2 aromatic rings. The average molecular weight is 366 g/mol. The van der Waals surface area contributed by atoms with Crippen molar-refractivity contribution in [2.24, 2.45) is 0 Å². The van der Waals surface area contributed by atoms with Crippen molar-refractivity contribution in [3.63, 3.8) is 0 Å². The fraction of sp³-hybridized carbons (Fsp3) is 0.353. The maximum Gasteiger partial charge on any atom is 0.453 e. The summed E-state index contributed by atoms with van der Waals surface area (Å²) in [5, 5.41) is 6.35. The maximum atomic E-state index is 13.1. The topological polar surface area (TPSA) is 69.0 Å². The molecule has 138 valence electrons. The van der Waals surface area contributed by atoms with Gasteiger partial charge in [0.05, 0.1) is 12.2 Å². The van der Waals surface area contributed by atoms with E-state index in [4.69, 9.17) is 4.74 Å². The van der Waals surface area contributed by atoms with Gasteiger partial charge in [-0.15, -0.1) is 5.10 Å². The van der Waals surface area contributed by atoms with Crippen molar-refractivity contribution in [3.05, 3.63) is 52.5 Å². The third kappa shape index (κ3) is 3.04. The number of hydrogen-bond donors (Lipinski definition) is 1. The normalized spacial score (nSPS) is 16.9. The van der Waals surface area contributed by atoms with Crippen LogP contribution in [-0.4, -0.2) is 27.3 Å². The van der Waals surface area contributed by atoms with Gasteiger partial charge in [-0.3, -0.25) is 0 Å². The van der Waals surface area contributed by atoms with E-state index in [2.05, 4.69) is 15.4 Å². The van der Waals surface area contributed by atoms with Crippen molar-refractivity contribution >= 4 is 11.9 Å². The second-order valence-electron chi connectivity index (χ2n) is 5.84. The molecule has 0 spiro atoms. The predicted molar refractivity (Wildman–Crippen MR) is 87.3 cm³/mol. The number of anilines is 1. The molecule has 1 aliphatic heterocycles. The third-order valence-corrected chi connectivity index (χ3v) is 4.08.